The lowest BCUT2D eigenvalue weighted by Crippen LogP contribution is -2.17. The first kappa shape index (κ1) is 12.5. The van der Waals surface area contributed by atoms with Crippen LogP contribution >= 0.6 is 0 Å². The Balaban J connectivity index is 1.83. The van der Waals surface area contributed by atoms with E-state index in [0.717, 1.165) is 17.7 Å². The molecular formula is C16H17N3O. The van der Waals surface area contributed by atoms with Crippen molar-refractivity contribution in [1.82, 2.24) is 9.55 Å². The Morgan fingerprint density at radius 2 is 2.10 bits per heavy atom. The number of nitrogens with zero attached hydrogens (tertiary/aromatic N) is 1. The Bertz CT molecular complexity index is 786. The van der Waals surface area contributed by atoms with Crippen LogP contribution in [-0.2, 0) is 13.1 Å². The number of H-pyrrole nitrogens is 1. The van der Waals surface area contributed by atoms with Gasteiger partial charge in [0, 0.05) is 42.5 Å². The zero-order valence-electron chi connectivity index (χ0n) is 11.4. The number of nitrogens with one attached hydrogen (secondary N) is 2. The Kier molecular flexibility index (Phi) is 3.29. The molecule has 102 valence electrons. The number of anilines is 1. The van der Waals surface area contributed by atoms with Gasteiger partial charge in [0.05, 0.1) is 5.69 Å². The molecule has 0 bridgehead atoms. The minimum atomic E-state index is 0.0331. The standard InChI is InChI=1S/C16H17N3O/c1-2-19-11-13(6-7-16(19)20)18-10-12-4-3-5-15-14(12)8-9-17-15/h3-9,11,17-18H,2,10H2,1H3. The molecule has 4 heteroatoms. The second kappa shape index (κ2) is 5.25. The maximum atomic E-state index is 11.5. The van der Waals surface area contributed by atoms with Gasteiger partial charge in [-0.1, -0.05) is 12.1 Å². The number of benzene rings is 1. The fourth-order valence-electron chi connectivity index (χ4n) is 2.38. The average molecular weight is 267 g/mol. The molecule has 0 aliphatic rings. The summed E-state index contributed by atoms with van der Waals surface area (Å²) in [5, 5.41) is 4.60. The summed E-state index contributed by atoms with van der Waals surface area (Å²) in [5.74, 6) is 0. The fourth-order valence-corrected chi connectivity index (χ4v) is 2.38. The van der Waals surface area contributed by atoms with Crippen LogP contribution in [0.25, 0.3) is 10.9 Å². The van der Waals surface area contributed by atoms with Gasteiger partial charge >= 0.3 is 0 Å². The Morgan fingerprint density at radius 1 is 1.20 bits per heavy atom. The first-order valence-electron chi connectivity index (χ1n) is 6.77. The number of hydrogen-bond acceptors (Lipinski definition) is 2. The zero-order valence-corrected chi connectivity index (χ0v) is 11.4. The minimum Gasteiger partial charge on any atom is -0.380 e. The molecule has 0 atom stereocenters. The van der Waals surface area contributed by atoms with Crippen LogP contribution in [0.1, 0.15) is 12.5 Å². The summed E-state index contributed by atoms with van der Waals surface area (Å²) in [4.78, 5) is 14.8. The summed E-state index contributed by atoms with van der Waals surface area (Å²) < 4.78 is 1.69. The van der Waals surface area contributed by atoms with E-state index in [9.17, 15) is 4.79 Å². The van der Waals surface area contributed by atoms with E-state index in [2.05, 4.69) is 28.5 Å². The number of aromatic nitrogens is 2. The Labute approximate surface area is 117 Å². The van der Waals surface area contributed by atoms with Crippen molar-refractivity contribution in [2.45, 2.75) is 20.0 Å². The predicted molar refractivity (Wildman–Crippen MR) is 82.0 cm³/mol. The van der Waals surface area contributed by atoms with Crippen LogP contribution in [0.4, 0.5) is 5.69 Å². The maximum absolute atomic E-state index is 11.5. The lowest BCUT2D eigenvalue weighted by Gasteiger charge is -2.09. The molecule has 4 nitrogen and oxygen atoms in total. The Hall–Kier alpha value is -2.49. The van der Waals surface area contributed by atoms with Crippen LogP contribution < -0.4 is 10.9 Å². The number of fused-ring (bicyclic) bond motifs is 1. The lowest BCUT2D eigenvalue weighted by atomic mass is 10.1. The van der Waals surface area contributed by atoms with Crippen LogP contribution in [-0.4, -0.2) is 9.55 Å². The molecule has 0 unspecified atom stereocenters. The van der Waals surface area contributed by atoms with Gasteiger partial charge in [-0.15, -0.1) is 0 Å². The van der Waals surface area contributed by atoms with Gasteiger partial charge in [-0.3, -0.25) is 4.79 Å². The van der Waals surface area contributed by atoms with E-state index in [1.54, 1.807) is 10.6 Å². The van der Waals surface area contributed by atoms with Crippen molar-refractivity contribution >= 4 is 16.6 Å². The number of aromatic amines is 1. The van der Waals surface area contributed by atoms with Crippen LogP contribution in [0.2, 0.25) is 0 Å². The normalized spacial score (nSPS) is 10.8. The van der Waals surface area contributed by atoms with E-state index in [0.29, 0.717) is 6.54 Å². The van der Waals surface area contributed by atoms with Crippen LogP contribution in [0, 0.1) is 0 Å². The predicted octanol–water partition coefficient (Wildman–Crippen LogP) is 2.96. The van der Waals surface area contributed by atoms with Crippen LogP contribution in [0.3, 0.4) is 0 Å². The van der Waals surface area contributed by atoms with Gasteiger partial charge in [0.25, 0.3) is 5.56 Å². The van der Waals surface area contributed by atoms with Crippen molar-refractivity contribution in [3.63, 3.8) is 0 Å². The summed E-state index contributed by atoms with van der Waals surface area (Å²) in [7, 11) is 0. The van der Waals surface area contributed by atoms with Crippen LogP contribution in [0.5, 0.6) is 0 Å². The molecular weight excluding hydrogens is 250 g/mol. The molecule has 0 saturated heterocycles. The highest BCUT2D eigenvalue weighted by Crippen LogP contribution is 2.18. The quantitative estimate of drug-likeness (QED) is 0.763. The fraction of sp³-hybridized carbons (Fsp3) is 0.188. The van der Waals surface area contributed by atoms with Crippen molar-refractivity contribution in [3.8, 4) is 0 Å². The van der Waals surface area contributed by atoms with Gasteiger partial charge in [-0.25, -0.2) is 0 Å². The van der Waals surface area contributed by atoms with Gasteiger partial charge in [-0.2, -0.15) is 0 Å². The van der Waals surface area contributed by atoms with E-state index in [1.807, 2.05) is 31.5 Å². The molecule has 0 radical (unpaired) electrons. The summed E-state index contributed by atoms with van der Waals surface area (Å²) in [5.41, 5.74) is 3.37. The second-order valence-corrected chi connectivity index (χ2v) is 4.75. The molecule has 2 N–H and O–H groups in total. The third kappa shape index (κ3) is 2.32. The van der Waals surface area contributed by atoms with E-state index in [-0.39, 0.29) is 5.56 Å². The summed E-state index contributed by atoms with van der Waals surface area (Å²) in [6.45, 7) is 3.38. The minimum absolute atomic E-state index is 0.0331. The highest BCUT2D eigenvalue weighted by molar-refractivity contribution is 5.83. The monoisotopic (exact) mass is 267 g/mol. The van der Waals surface area contributed by atoms with Crippen molar-refractivity contribution in [2.24, 2.45) is 0 Å². The molecule has 3 aromatic rings. The molecule has 0 spiro atoms. The summed E-state index contributed by atoms with van der Waals surface area (Å²) in [6.07, 6.45) is 3.81. The second-order valence-electron chi connectivity index (χ2n) is 4.75. The average Bonchev–Trinajstić information content (AvgIpc) is 2.95. The number of pyridine rings is 1. The zero-order chi connectivity index (χ0) is 13.9. The maximum Gasteiger partial charge on any atom is 0.250 e. The number of rotatable bonds is 4. The molecule has 0 fully saturated rings. The van der Waals surface area contributed by atoms with Crippen LogP contribution in [0.15, 0.2) is 53.6 Å². The van der Waals surface area contributed by atoms with Crippen molar-refractivity contribution in [2.75, 3.05) is 5.32 Å². The molecule has 20 heavy (non-hydrogen) atoms. The molecule has 0 aliphatic heterocycles. The molecule has 3 rings (SSSR count). The summed E-state index contributed by atoms with van der Waals surface area (Å²) in [6, 6.07) is 11.7. The first-order chi connectivity index (χ1) is 9.78. The molecule has 0 amide bonds. The third-order valence-corrected chi connectivity index (χ3v) is 3.49. The Morgan fingerprint density at radius 3 is 2.95 bits per heavy atom. The number of aryl methyl sites for hydroxylation is 1. The van der Waals surface area contributed by atoms with Crippen molar-refractivity contribution in [1.29, 1.82) is 0 Å². The largest absolute Gasteiger partial charge is 0.380 e. The van der Waals surface area contributed by atoms with E-state index in [1.165, 1.54) is 10.9 Å². The smallest absolute Gasteiger partial charge is 0.250 e. The van der Waals surface area contributed by atoms with Gasteiger partial charge in [0.15, 0.2) is 0 Å². The van der Waals surface area contributed by atoms with Gasteiger partial charge in [0.1, 0.15) is 0 Å². The first-order valence-corrected chi connectivity index (χ1v) is 6.77. The topological polar surface area (TPSA) is 49.8 Å². The van der Waals surface area contributed by atoms with Crippen molar-refractivity contribution < 1.29 is 0 Å². The molecule has 2 aromatic heterocycles. The number of hydrogen-bond donors (Lipinski definition) is 2. The molecule has 2 heterocycles. The third-order valence-electron chi connectivity index (χ3n) is 3.49. The SMILES string of the molecule is CCn1cc(NCc2cccc3[nH]ccc23)ccc1=O. The van der Waals surface area contributed by atoms with Gasteiger partial charge < -0.3 is 14.9 Å². The molecule has 0 saturated carbocycles. The van der Waals surface area contributed by atoms with E-state index >= 15 is 0 Å². The summed E-state index contributed by atoms with van der Waals surface area (Å²) >= 11 is 0. The lowest BCUT2D eigenvalue weighted by molar-refractivity contribution is 0.728. The van der Waals surface area contributed by atoms with Gasteiger partial charge in [-0.05, 0) is 30.7 Å². The highest BCUT2D eigenvalue weighted by atomic mass is 16.1. The molecule has 0 aliphatic carbocycles. The molecule has 1 aromatic carbocycles. The van der Waals surface area contributed by atoms with Crippen molar-refractivity contribution in [3.05, 3.63) is 64.7 Å². The van der Waals surface area contributed by atoms with Gasteiger partial charge in [0.2, 0.25) is 0 Å². The highest BCUT2D eigenvalue weighted by Gasteiger charge is 2.02. The van der Waals surface area contributed by atoms with E-state index < -0.39 is 0 Å². The van der Waals surface area contributed by atoms with E-state index in [4.69, 9.17) is 0 Å².